The second-order valence-electron chi connectivity index (χ2n) is 7.09. The van der Waals surface area contributed by atoms with E-state index in [1.54, 1.807) is 0 Å². The number of aryl methyl sites for hydroxylation is 3. The van der Waals surface area contributed by atoms with Crippen molar-refractivity contribution in [3.05, 3.63) is 83.7 Å². The predicted octanol–water partition coefficient (Wildman–Crippen LogP) is 6.16. The number of imidazole rings is 1. The molecule has 0 atom stereocenters. The van der Waals surface area contributed by atoms with Crippen molar-refractivity contribution in [3.8, 4) is 17.1 Å². The second kappa shape index (κ2) is 7.05. The first-order chi connectivity index (χ1) is 13.1. The number of hydrogen-bond donors (Lipinski definition) is 0. The van der Waals surface area contributed by atoms with E-state index in [9.17, 15) is 0 Å². The number of hydrogen-bond acceptors (Lipinski definition) is 2. The van der Waals surface area contributed by atoms with E-state index in [1.807, 2.05) is 36.7 Å². The Balaban J connectivity index is 0.00000192. The molecule has 0 fully saturated rings. The molecule has 5 aromatic rings. The Morgan fingerprint density at radius 1 is 0.929 bits per heavy atom. The molecular weight excluding hydrogens is 524 g/mol. The van der Waals surface area contributed by atoms with Crippen molar-refractivity contribution in [1.29, 1.82) is 0 Å². The van der Waals surface area contributed by atoms with Gasteiger partial charge in [-0.2, -0.15) is 0 Å². The van der Waals surface area contributed by atoms with Gasteiger partial charge in [-0.25, -0.2) is 0 Å². The van der Waals surface area contributed by atoms with E-state index in [0.29, 0.717) is 0 Å². The van der Waals surface area contributed by atoms with Crippen molar-refractivity contribution >= 4 is 21.9 Å². The van der Waals surface area contributed by atoms with Crippen molar-refractivity contribution in [3.63, 3.8) is 0 Å². The molecular formula is C24H19IrN2O-. The van der Waals surface area contributed by atoms with Crippen LogP contribution in [0.2, 0.25) is 0 Å². The van der Waals surface area contributed by atoms with Crippen LogP contribution >= 0.6 is 0 Å². The van der Waals surface area contributed by atoms with Gasteiger partial charge in [-0.3, -0.25) is 4.98 Å². The summed E-state index contributed by atoms with van der Waals surface area (Å²) in [7, 11) is 0. The first-order valence-corrected chi connectivity index (χ1v) is 9.07. The zero-order chi connectivity index (χ0) is 18.5. The Morgan fingerprint density at radius 3 is 2.46 bits per heavy atom. The van der Waals surface area contributed by atoms with Gasteiger partial charge in [0.15, 0.2) is 0 Å². The summed E-state index contributed by atoms with van der Waals surface area (Å²) in [5.41, 5.74) is 7.63. The van der Waals surface area contributed by atoms with Crippen LogP contribution in [0.1, 0.15) is 16.7 Å². The van der Waals surface area contributed by atoms with Crippen LogP contribution in [0.3, 0.4) is 0 Å². The molecule has 0 saturated heterocycles. The topological polar surface area (TPSA) is 31.0 Å². The van der Waals surface area contributed by atoms with Crippen LogP contribution in [0.4, 0.5) is 0 Å². The maximum Gasteiger partial charge on any atom is 0.120 e. The van der Waals surface area contributed by atoms with Crippen LogP contribution in [0, 0.1) is 26.8 Å². The summed E-state index contributed by atoms with van der Waals surface area (Å²) < 4.78 is 8.09. The van der Waals surface area contributed by atoms with Crippen LogP contribution in [-0.2, 0) is 20.1 Å². The molecule has 0 amide bonds. The molecule has 141 valence electrons. The van der Waals surface area contributed by atoms with E-state index in [1.165, 1.54) is 22.4 Å². The minimum atomic E-state index is 0. The van der Waals surface area contributed by atoms with Crippen molar-refractivity contribution in [2.75, 3.05) is 0 Å². The van der Waals surface area contributed by atoms with E-state index in [0.717, 1.165) is 33.3 Å². The van der Waals surface area contributed by atoms with Crippen molar-refractivity contribution in [2.24, 2.45) is 0 Å². The predicted molar refractivity (Wildman–Crippen MR) is 109 cm³/mol. The maximum atomic E-state index is 5.93. The summed E-state index contributed by atoms with van der Waals surface area (Å²) in [6.45, 7) is 6.43. The average molecular weight is 544 g/mol. The van der Waals surface area contributed by atoms with Gasteiger partial charge in [0.2, 0.25) is 0 Å². The van der Waals surface area contributed by atoms with Crippen molar-refractivity contribution < 1.29 is 24.5 Å². The van der Waals surface area contributed by atoms with E-state index in [4.69, 9.17) is 4.42 Å². The summed E-state index contributed by atoms with van der Waals surface area (Å²) in [5.74, 6) is 0.886. The number of nitrogens with zero attached hydrogens (tertiary/aromatic N) is 2. The quantitative estimate of drug-likeness (QED) is 0.250. The van der Waals surface area contributed by atoms with Crippen LogP contribution in [0.25, 0.3) is 39.0 Å². The molecule has 0 aliphatic heterocycles. The van der Waals surface area contributed by atoms with Gasteiger partial charge >= 0.3 is 0 Å². The zero-order valence-electron chi connectivity index (χ0n) is 15.9. The van der Waals surface area contributed by atoms with Gasteiger partial charge in [-0.1, -0.05) is 41.3 Å². The normalized spacial score (nSPS) is 11.1. The molecule has 3 nitrogen and oxygen atoms in total. The fourth-order valence-electron chi connectivity index (χ4n) is 4.03. The summed E-state index contributed by atoms with van der Waals surface area (Å²) >= 11 is 0. The minimum Gasteiger partial charge on any atom is -0.500 e. The number of aromatic nitrogens is 2. The van der Waals surface area contributed by atoms with E-state index < -0.39 is 0 Å². The molecule has 5 rings (SSSR count). The smallest absolute Gasteiger partial charge is 0.120 e. The molecule has 0 aliphatic carbocycles. The summed E-state index contributed by atoms with van der Waals surface area (Å²) in [6, 6.07) is 19.9. The number of fused-ring (bicyclic) bond motifs is 3. The molecule has 0 unspecified atom stereocenters. The van der Waals surface area contributed by atoms with E-state index in [-0.39, 0.29) is 20.1 Å². The molecule has 28 heavy (non-hydrogen) atoms. The molecule has 2 heterocycles. The SMILES string of the molecule is Cc1cc(C)c(-n2ccnc2-c2[c-]cc3oc4ccccc4c3c2)c(C)c1.[Ir]. The van der Waals surface area contributed by atoms with E-state index >= 15 is 0 Å². The summed E-state index contributed by atoms with van der Waals surface area (Å²) in [5, 5.41) is 2.20. The maximum absolute atomic E-state index is 5.93. The Kier molecular flexibility index (Phi) is 4.70. The molecule has 2 aromatic heterocycles. The number of para-hydroxylation sites is 1. The van der Waals surface area contributed by atoms with Crippen molar-refractivity contribution in [1.82, 2.24) is 9.55 Å². The summed E-state index contributed by atoms with van der Waals surface area (Å²) in [4.78, 5) is 4.64. The van der Waals surface area contributed by atoms with E-state index in [2.05, 4.69) is 60.7 Å². The molecule has 0 aliphatic rings. The Bertz CT molecular complexity index is 1290. The van der Waals surface area contributed by atoms with Crippen LogP contribution in [0.15, 0.2) is 65.3 Å². The Morgan fingerprint density at radius 2 is 1.68 bits per heavy atom. The standard InChI is InChI=1S/C24H19N2O.Ir/c1-15-12-16(2)23(17(3)13-15)26-11-10-25-24(26)18-8-9-22-20(14-18)19-6-4-5-7-21(19)27-22;/h4-7,9-14H,1-3H3;/q-1;. The van der Waals surface area contributed by atoms with Crippen LogP contribution in [-0.4, -0.2) is 9.55 Å². The van der Waals surface area contributed by atoms with Gasteiger partial charge in [-0.05, 0) is 38.0 Å². The molecule has 0 bridgehead atoms. The van der Waals surface area contributed by atoms with Crippen molar-refractivity contribution in [2.45, 2.75) is 20.8 Å². The first kappa shape index (κ1) is 18.7. The fraction of sp³-hybridized carbons (Fsp3) is 0.125. The Labute approximate surface area is 177 Å². The number of benzene rings is 3. The van der Waals surface area contributed by atoms with Gasteiger partial charge in [0.25, 0.3) is 0 Å². The fourth-order valence-corrected chi connectivity index (χ4v) is 4.03. The average Bonchev–Trinajstić information content (AvgIpc) is 3.25. The third-order valence-corrected chi connectivity index (χ3v) is 5.07. The third kappa shape index (κ3) is 2.90. The third-order valence-electron chi connectivity index (χ3n) is 5.07. The number of rotatable bonds is 2. The molecule has 0 saturated carbocycles. The molecule has 3 aromatic carbocycles. The van der Waals surface area contributed by atoms with Gasteiger partial charge in [0.1, 0.15) is 5.58 Å². The van der Waals surface area contributed by atoms with Gasteiger partial charge in [0.05, 0.1) is 11.4 Å². The Hall–Kier alpha value is -2.68. The van der Waals surface area contributed by atoms with Crippen LogP contribution < -0.4 is 0 Å². The second-order valence-corrected chi connectivity index (χ2v) is 7.09. The minimum absolute atomic E-state index is 0. The number of furan rings is 1. The monoisotopic (exact) mass is 544 g/mol. The summed E-state index contributed by atoms with van der Waals surface area (Å²) in [6.07, 6.45) is 3.87. The zero-order valence-corrected chi connectivity index (χ0v) is 18.3. The van der Waals surface area contributed by atoms with Gasteiger partial charge in [0, 0.05) is 43.6 Å². The first-order valence-electron chi connectivity index (χ1n) is 9.07. The molecule has 0 N–H and O–H groups in total. The molecule has 0 spiro atoms. The van der Waals surface area contributed by atoms with Crippen LogP contribution in [0.5, 0.6) is 0 Å². The molecule has 4 heteroatoms. The van der Waals surface area contributed by atoms with Gasteiger partial charge in [-0.15, -0.1) is 23.8 Å². The largest absolute Gasteiger partial charge is 0.500 e. The molecule has 1 radical (unpaired) electrons. The van der Waals surface area contributed by atoms with Gasteiger partial charge < -0.3 is 8.98 Å².